The summed E-state index contributed by atoms with van der Waals surface area (Å²) in [6.45, 7) is 0. The molecular weight excluding hydrogens is 309 g/mol. The topological polar surface area (TPSA) is 52.6 Å². The maximum Gasteiger partial charge on any atom is 0.427 e. The van der Waals surface area contributed by atoms with Gasteiger partial charge in [0.2, 0.25) is 0 Å². The standard InChI is InChI=1S/C13H9F3O4S/c1-19-11(18)10(13(14,15)16)12-20-9-5-3-2-4-7(9)8(17)6-21-12/h2-5H,6H2,1H3/b12-10+. The molecule has 0 saturated heterocycles. The Balaban J connectivity index is 2.55. The Morgan fingerprint density at radius 1 is 1.33 bits per heavy atom. The van der Waals surface area contributed by atoms with Crippen LogP contribution in [0.25, 0.3) is 0 Å². The van der Waals surface area contributed by atoms with Crippen LogP contribution < -0.4 is 4.74 Å². The number of hydrogen-bond acceptors (Lipinski definition) is 5. The van der Waals surface area contributed by atoms with Crippen LogP contribution in [0.3, 0.4) is 0 Å². The van der Waals surface area contributed by atoms with Gasteiger partial charge in [0.1, 0.15) is 5.75 Å². The fourth-order valence-corrected chi connectivity index (χ4v) is 2.57. The van der Waals surface area contributed by atoms with Crippen molar-refractivity contribution < 1.29 is 32.2 Å². The molecule has 1 aliphatic heterocycles. The Hall–Kier alpha value is -1.96. The molecular formula is C13H9F3O4S. The lowest BCUT2D eigenvalue weighted by Gasteiger charge is -2.14. The lowest BCUT2D eigenvalue weighted by molar-refractivity contribution is -0.148. The number of ketones is 1. The summed E-state index contributed by atoms with van der Waals surface area (Å²) in [4.78, 5) is 23.2. The van der Waals surface area contributed by atoms with Crippen LogP contribution in [-0.4, -0.2) is 30.8 Å². The third kappa shape index (κ3) is 3.21. The van der Waals surface area contributed by atoms with Crippen LogP contribution in [0, 0.1) is 0 Å². The van der Waals surface area contributed by atoms with Crippen LogP contribution in [0.5, 0.6) is 5.75 Å². The number of ether oxygens (including phenoxy) is 2. The number of esters is 1. The van der Waals surface area contributed by atoms with Crippen molar-refractivity contribution in [1.29, 1.82) is 0 Å². The Morgan fingerprint density at radius 3 is 2.62 bits per heavy atom. The molecule has 1 heterocycles. The highest BCUT2D eigenvalue weighted by molar-refractivity contribution is 8.03. The Kier molecular flexibility index (Phi) is 4.26. The average molecular weight is 318 g/mol. The number of carbonyl (C=O) groups excluding carboxylic acids is 2. The van der Waals surface area contributed by atoms with Gasteiger partial charge in [-0.15, -0.1) is 0 Å². The molecule has 1 aromatic rings. The summed E-state index contributed by atoms with van der Waals surface area (Å²) in [5, 5.41) is -0.687. The minimum atomic E-state index is -4.95. The summed E-state index contributed by atoms with van der Waals surface area (Å²) in [6.07, 6.45) is -4.95. The van der Waals surface area contributed by atoms with E-state index in [1.165, 1.54) is 18.2 Å². The third-order valence-corrected chi connectivity index (χ3v) is 3.56. The van der Waals surface area contributed by atoms with Gasteiger partial charge in [0.05, 0.1) is 18.4 Å². The fraction of sp³-hybridized carbons (Fsp3) is 0.231. The SMILES string of the molecule is COC(=O)/C(=C1/Oc2ccccc2C(=O)CS1)C(F)(F)F. The van der Waals surface area contributed by atoms with Crippen LogP contribution in [0.4, 0.5) is 13.2 Å². The fourth-order valence-electron chi connectivity index (χ4n) is 1.66. The van der Waals surface area contributed by atoms with Gasteiger partial charge < -0.3 is 9.47 Å². The minimum absolute atomic E-state index is 0.0202. The zero-order valence-electron chi connectivity index (χ0n) is 10.7. The molecule has 0 atom stereocenters. The molecule has 0 aromatic heterocycles. The largest absolute Gasteiger partial charge is 0.465 e. The van der Waals surface area contributed by atoms with Gasteiger partial charge in [-0.25, -0.2) is 4.79 Å². The van der Waals surface area contributed by atoms with Gasteiger partial charge in [-0.05, 0) is 12.1 Å². The van der Waals surface area contributed by atoms with Crippen molar-refractivity contribution in [3.05, 3.63) is 40.5 Å². The number of para-hydroxylation sites is 1. The molecule has 8 heteroatoms. The highest BCUT2D eigenvalue weighted by Crippen LogP contribution is 2.38. The minimum Gasteiger partial charge on any atom is -0.465 e. The van der Waals surface area contributed by atoms with E-state index in [-0.39, 0.29) is 22.8 Å². The Bertz CT molecular complexity index is 622. The molecule has 0 aliphatic carbocycles. The number of methoxy groups -OCH3 is 1. The smallest absolute Gasteiger partial charge is 0.427 e. The monoisotopic (exact) mass is 318 g/mol. The van der Waals surface area contributed by atoms with Crippen LogP contribution in [-0.2, 0) is 9.53 Å². The van der Waals surface area contributed by atoms with Crippen molar-refractivity contribution in [2.24, 2.45) is 0 Å². The molecule has 2 rings (SSSR count). The second-order valence-electron chi connectivity index (χ2n) is 3.96. The van der Waals surface area contributed by atoms with Crippen LogP contribution in [0.15, 0.2) is 34.9 Å². The second-order valence-corrected chi connectivity index (χ2v) is 4.91. The Morgan fingerprint density at radius 2 is 2.00 bits per heavy atom. The van der Waals surface area contributed by atoms with Gasteiger partial charge in [-0.1, -0.05) is 23.9 Å². The number of halogens is 3. The number of thioether (sulfide) groups is 1. The van der Waals surface area contributed by atoms with Crippen molar-refractivity contribution in [1.82, 2.24) is 0 Å². The molecule has 0 saturated carbocycles. The highest BCUT2D eigenvalue weighted by Gasteiger charge is 2.44. The molecule has 21 heavy (non-hydrogen) atoms. The zero-order chi connectivity index (χ0) is 15.6. The molecule has 0 N–H and O–H groups in total. The summed E-state index contributed by atoms with van der Waals surface area (Å²) >= 11 is 0.514. The van der Waals surface area contributed by atoms with E-state index >= 15 is 0 Å². The number of Topliss-reactive ketones (excluding diaryl/α,β-unsaturated/α-hetero) is 1. The van der Waals surface area contributed by atoms with E-state index in [1.54, 1.807) is 6.07 Å². The first-order chi connectivity index (χ1) is 9.84. The predicted molar refractivity (Wildman–Crippen MR) is 69.0 cm³/mol. The first-order valence-corrected chi connectivity index (χ1v) is 6.66. The molecule has 0 radical (unpaired) electrons. The second kappa shape index (κ2) is 5.80. The van der Waals surface area contributed by atoms with Gasteiger partial charge in [0, 0.05) is 0 Å². The number of hydrogen-bond donors (Lipinski definition) is 0. The van der Waals surface area contributed by atoms with E-state index in [2.05, 4.69) is 4.74 Å². The van der Waals surface area contributed by atoms with E-state index in [0.717, 1.165) is 7.11 Å². The number of benzene rings is 1. The number of carbonyl (C=O) groups is 2. The van der Waals surface area contributed by atoms with Crippen LogP contribution >= 0.6 is 11.8 Å². The molecule has 4 nitrogen and oxygen atoms in total. The summed E-state index contributed by atoms with van der Waals surface area (Å²) in [5.74, 6) is -2.22. The summed E-state index contributed by atoms with van der Waals surface area (Å²) < 4.78 is 48.3. The van der Waals surface area contributed by atoms with E-state index < -0.39 is 22.8 Å². The Labute approximate surface area is 121 Å². The average Bonchev–Trinajstić information content (AvgIpc) is 2.58. The first kappa shape index (κ1) is 15.4. The van der Waals surface area contributed by atoms with E-state index in [4.69, 9.17) is 4.74 Å². The summed E-state index contributed by atoms with van der Waals surface area (Å²) in [5.41, 5.74) is -1.38. The zero-order valence-corrected chi connectivity index (χ0v) is 11.5. The maximum absolute atomic E-state index is 13.0. The lowest BCUT2D eigenvalue weighted by Crippen LogP contribution is -2.24. The van der Waals surface area contributed by atoms with Crippen molar-refractivity contribution in [2.45, 2.75) is 6.18 Å². The molecule has 1 aromatic carbocycles. The molecule has 112 valence electrons. The van der Waals surface area contributed by atoms with Gasteiger partial charge >= 0.3 is 12.1 Å². The van der Waals surface area contributed by atoms with Crippen molar-refractivity contribution >= 4 is 23.5 Å². The van der Waals surface area contributed by atoms with Crippen molar-refractivity contribution in [2.75, 3.05) is 12.9 Å². The van der Waals surface area contributed by atoms with Gasteiger partial charge in [0.15, 0.2) is 16.4 Å². The van der Waals surface area contributed by atoms with Gasteiger partial charge in [-0.2, -0.15) is 13.2 Å². The quantitative estimate of drug-likeness (QED) is 0.588. The molecule has 0 unspecified atom stereocenters. The van der Waals surface area contributed by atoms with Crippen LogP contribution in [0.2, 0.25) is 0 Å². The molecule has 1 aliphatic rings. The number of fused-ring (bicyclic) bond motifs is 1. The van der Waals surface area contributed by atoms with E-state index in [1.807, 2.05) is 0 Å². The molecule has 0 amide bonds. The van der Waals surface area contributed by atoms with E-state index in [0.29, 0.717) is 11.8 Å². The highest BCUT2D eigenvalue weighted by atomic mass is 32.2. The number of alkyl halides is 3. The first-order valence-electron chi connectivity index (χ1n) is 5.67. The third-order valence-electron chi connectivity index (χ3n) is 2.60. The van der Waals surface area contributed by atoms with Crippen LogP contribution in [0.1, 0.15) is 10.4 Å². The van der Waals surface area contributed by atoms with Crippen molar-refractivity contribution in [3.8, 4) is 5.75 Å². The van der Waals surface area contributed by atoms with Gasteiger partial charge in [-0.3, -0.25) is 4.79 Å². The number of rotatable bonds is 1. The molecule has 0 spiro atoms. The predicted octanol–water partition coefficient (Wildman–Crippen LogP) is 2.94. The van der Waals surface area contributed by atoms with E-state index in [9.17, 15) is 22.8 Å². The summed E-state index contributed by atoms with van der Waals surface area (Å²) in [6, 6.07) is 5.91. The van der Waals surface area contributed by atoms with Gasteiger partial charge in [0.25, 0.3) is 0 Å². The van der Waals surface area contributed by atoms with Crippen molar-refractivity contribution in [3.63, 3.8) is 0 Å². The summed E-state index contributed by atoms with van der Waals surface area (Å²) in [7, 11) is 0.842. The molecule has 0 fully saturated rings. The maximum atomic E-state index is 13.0. The lowest BCUT2D eigenvalue weighted by atomic mass is 10.1. The normalized spacial score (nSPS) is 17.4. The molecule has 0 bridgehead atoms.